The van der Waals surface area contributed by atoms with Gasteiger partial charge in [0.2, 0.25) is 0 Å². The summed E-state index contributed by atoms with van der Waals surface area (Å²) in [6.07, 6.45) is 9.16. The van der Waals surface area contributed by atoms with Crippen molar-refractivity contribution in [3.63, 3.8) is 0 Å². The van der Waals surface area contributed by atoms with Gasteiger partial charge in [0.05, 0.1) is 5.41 Å². The topological polar surface area (TPSA) is 105 Å². The molecule has 25 heavy (non-hydrogen) atoms. The zero-order valence-corrected chi connectivity index (χ0v) is 14.4. The predicted molar refractivity (Wildman–Crippen MR) is 92.1 cm³/mol. The van der Waals surface area contributed by atoms with E-state index in [2.05, 4.69) is 10.3 Å². The summed E-state index contributed by atoms with van der Waals surface area (Å²) in [6.45, 7) is 0.720. The summed E-state index contributed by atoms with van der Waals surface area (Å²) in [6, 6.07) is 1.85. The molecule has 6 heteroatoms. The quantitative estimate of drug-likeness (QED) is 0.735. The van der Waals surface area contributed by atoms with Crippen LogP contribution in [0.2, 0.25) is 0 Å². The van der Waals surface area contributed by atoms with E-state index in [1.807, 2.05) is 6.07 Å². The van der Waals surface area contributed by atoms with Crippen molar-refractivity contribution in [2.75, 3.05) is 0 Å². The molecular weight excluding hydrogens is 318 g/mol. The van der Waals surface area contributed by atoms with Crippen LogP contribution in [0.5, 0.6) is 0 Å². The number of hydrogen-bond donors (Lipinski definition) is 3. The highest BCUT2D eigenvalue weighted by atomic mass is 16.4. The number of amides is 1. The van der Waals surface area contributed by atoms with Crippen LogP contribution in [-0.2, 0) is 11.3 Å². The zero-order chi connectivity index (χ0) is 17.7. The zero-order valence-electron chi connectivity index (χ0n) is 14.4. The molecule has 4 aliphatic rings. The van der Waals surface area contributed by atoms with Gasteiger partial charge in [-0.1, -0.05) is 0 Å². The van der Waals surface area contributed by atoms with Crippen molar-refractivity contribution in [1.29, 1.82) is 0 Å². The number of primary amides is 1. The molecule has 134 valence electrons. The van der Waals surface area contributed by atoms with E-state index in [0.29, 0.717) is 11.6 Å². The van der Waals surface area contributed by atoms with E-state index >= 15 is 0 Å². The van der Waals surface area contributed by atoms with Crippen molar-refractivity contribution in [3.05, 3.63) is 29.1 Å². The van der Waals surface area contributed by atoms with E-state index in [9.17, 15) is 14.7 Å². The summed E-state index contributed by atoms with van der Waals surface area (Å²) in [5.41, 5.74) is 7.61. The number of nitrogens with zero attached hydrogens (tertiary/aromatic N) is 1. The van der Waals surface area contributed by atoms with Gasteiger partial charge in [-0.25, -0.2) is 0 Å². The fourth-order valence-corrected chi connectivity index (χ4v) is 4.61. The molecule has 4 N–H and O–H groups in total. The van der Waals surface area contributed by atoms with Crippen LogP contribution in [0.3, 0.4) is 0 Å². The molecule has 1 amide bonds. The lowest BCUT2D eigenvalue weighted by molar-refractivity contribution is -0.156. The number of aromatic nitrogens is 1. The number of aliphatic carboxylic acids is 1. The molecule has 4 fully saturated rings. The number of nitrogens with one attached hydrogen (secondary N) is 1. The highest BCUT2D eigenvalue weighted by Crippen LogP contribution is 2.52. The average molecular weight is 343 g/mol. The van der Waals surface area contributed by atoms with Crippen molar-refractivity contribution in [3.8, 4) is 0 Å². The number of fused-ring (bicyclic) bond motifs is 3. The summed E-state index contributed by atoms with van der Waals surface area (Å²) in [7, 11) is 0. The fourth-order valence-electron chi connectivity index (χ4n) is 4.61. The minimum absolute atomic E-state index is 0.0559. The third-order valence-corrected chi connectivity index (χ3v) is 6.65. The Bertz CT molecular complexity index is 702. The lowest BCUT2D eigenvalue weighted by Crippen LogP contribution is -2.56. The van der Waals surface area contributed by atoms with Gasteiger partial charge in [-0.15, -0.1) is 0 Å². The van der Waals surface area contributed by atoms with E-state index in [1.165, 1.54) is 5.56 Å². The smallest absolute Gasteiger partial charge is 0.309 e. The van der Waals surface area contributed by atoms with Crippen molar-refractivity contribution in [1.82, 2.24) is 10.3 Å². The summed E-state index contributed by atoms with van der Waals surface area (Å²) in [5, 5.41) is 13.2. The monoisotopic (exact) mass is 343 g/mol. The van der Waals surface area contributed by atoms with Gasteiger partial charge in [0.25, 0.3) is 5.91 Å². The molecular formula is C19H25N3O3. The third kappa shape index (κ3) is 2.92. The predicted octanol–water partition coefficient (Wildman–Crippen LogP) is 2.33. The van der Waals surface area contributed by atoms with Crippen LogP contribution in [0.4, 0.5) is 0 Å². The Kier molecular flexibility index (Phi) is 3.83. The Morgan fingerprint density at radius 1 is 1.20 bits per heavy atom. The van der Waals surface area contributed by atoms with Crippen LogP contribution in [0.25, 0.3) is 0 Å². The van der Waals surface area contributed by atoms with Crippen LogP contribution in [0, 0.1) is 5.41 Å². The largest absolute Gasteiger partial charge is 0.481 e. The molecule has 0 radical (unpaired) electrons. The maximum absolute atomic E-state index is 11.6. The number of hydrogen-bond acceptors (Lipinski definition) is 4. The molecule has 2 bridgehead atoms. The number of rotatable bonds is 6. The molecule has 0 spiro atoms. The Balaban J connectivity index is 1.47. The fraction of sp³-hybridized carbons (Fsp3) is 0.632. The van der Waals surface area contributed by atoms with Crippen LogP contribution in [-0.4, -0.2) is 27.5 Å². The van der Waals surface area contributed by atoms with Crippen molar-refractivity contribution in [2.45, 2.75) is 69.4 Å². The lowest BCUT2D eigenvalue weighted by Gasteiger charge is -2.52. The van der Waals surface area contributed by atoms with Crippen LogP contribution in [0.15, 0.2) is 12.3 Å². The molecule has 1 aromatic rings. The van der Waals surface area contributed by atoms with Gasteiger partial charge in [0.15, 0.2) is 0 Å². The first kappa shape index (κ1) is 16.5. The van der Waals surface area contributed by atoms with E-state index in [1.54, 1.807) is 6.20 Å². The highest BCUT2D eigenvalue weighted by molar-refractivity contribution is 5.91. The van der Waals surface area contributed by atoms with Gasteiger partial charge in [0, 0.05) is 18.3 Å². The van der Waals surface area contributed by atoms with Crippen molar-refractivity contribution in [2.24, 2.45) is 11.1 Å². The molecule has 0 saturated heterocycles. The Hall–Kier alpha value is -1.95. The molecule has 0 atom stereocenters. The Morgan fingerprint density at radius 3 is 2.36 bits per heavy atom. The van der Waals surface area contributed by atoms with Gasteiger partial charge in [-0.2, -0.15) is 0 Å². The minimum atomic E-state index is -0.622. The van der Waals surface area contributed by atoms with Crippen LogP contribution in [0.1, 0.15) is 78.9 Å². The Morgan fingerprint density at radius 2 is 1.84 bits per heavy atom. The standard InChI is InChI=1S/C19H25N3O3/c20-16(23)15-9-14(12-1-2-12)13(10-21-15)11-22-19-6-3-18(4-7-19,5-8-19)17(24)25/h9-10,12,22H,1-8,11H2,(H2,20,23)(H,24,25). The van der Waals surface area contributed by atoms with Gasteiger partial charge in [-0.3, -0.25) is 14.6 Å². The summed E-state index contributed by atoms with van der Waals surface area (Å²) in [4.78, 5) is 27.2. The normalized spacial score (nSPS) is 31.0. The SMILES string of the molecule is NC(=O)c1cc(C2CC2)c(CNC23CCC(C(=O)O)(CC2)CC3)cn1. The molecule has 0 aromatic carbocycles. The molecule has 1 aromatic heterocycles. The Labute approximate surface area is 147 Å². The number of carboxylic acid groups (broad SMARTS) is 1. The van der Waals surface area contributed by atoms with Gasteiger partial charge in [0.1, 0.15) is 5.69 Å². The number of pyridine rings is 1. The van der Waals surface area contributed by atoms with Crippen molar-refractivity contribution < 1.29 is 14.7 Å². The maximum Gasteiger partial charge on any atom is 0.309 e. The number of nitrogens with two attached hydrogens (primary N) is 1. The van der Waals surface area contributed by atoms with E-state index in [0.717, 1.165) is 63.5 Å². The maximum atomic E-state index is 11.6. The summed E-state index contributed by atoms with van der Waals surface area (Å²) >= 11 is 0. The van der Waals surface area contributed by atoms with E-state index < -0.39 is 17.3 Å². The highest BCUT2D eigenvalue weighted by Gasteiger charge is 2.52. The van der Waals surface area contributed by atoms with E-state index in [4.69, 9.17) is 5.73 Å². The molecule has 5 rings (SSSR count). The summed E-state index contributed by atoms with van der Waals surface area (Å²) in [5.74, 6) is -0.583. The second kappa shape index (κ2) is 5.80. The second-order valence-corrected chi connectivity index (χ2v) is 8.13. The second-order valence-electron chi connectivity index (χ2n) is 8.13. The first-order chi connectivity index (χ1) is 11.9. The number of carbonyl (C=O) groups excluding carboxylic acids is 1. The van der Waals surface area contributed by atoms with Crippen molar-refractivity contribution >= 4 is 11.9 Å². The molecule has 4 saturated carbocycles. The van der Waals surface area contributed by atoms with Crippen LogP contribution >= 0.6 is 0 Å². The first-order valence-electron chi connectivity index (χ1n) is 9.20. The molecule has 0 aliphatic heterocycles. The molecule has 4 aliphatic carbocycles. The average Bonchev–Trinajstić information content (AvgIpc) is 3.46. The lowest BCUT2D eigenvalue weighted by atomic mass is 9.57. The van der Waals surface area contributed by atoms with Gasteiger partial charge < -0.3 is 16.2 Å². The van der Waals surface area contributed by atoms with E-state index in [-0.39, 0.29) is 5.54 Å². The number of carboxylic acids is 1. The van der Waals surface area contributed by atoms with Gasteiger partial charge >= 0.3 is 5.97 Å². The van der Waals surface area contributed by atoms with Crippen LogP contribution < -0.4 is 11.1 Å². The minimum Gasteiger partial charge on any atom is -0.481 e. The molecule has 0 unspecified atom stereocenters. The number of carbonyl (C=O) groups is 2. The first-order valence-corrected chi connectivity index (χ1v) is 9.20. The summed E-state index contributed by atoms with van der Waals surface area (Å²) < 4.78 is 0. The molecule has 6 nitrogen and oxygen atoms in total. The third-order valence-electron chi connectivity index (χ3n) is 6.65. The molecule has 1 heterocycles. The van der Waals surface area contributed by atoms with Gasteiger partial charge in [-0.05, 0) is 74.5 Å².